The number of halogens is 1. The molecule has 0 fully saturated rings. The van der Waals surface area contributed by atoms with Crippen molar-refractivity contribution in [3.63, 3.8) is 0 Å². The van der Waals surface area contributed by atoms with Gasteiger partial charge in [0.15, 0.2) is 0 Å². The van der Waals surface area contributed by atoms with E-state index in [1.165, 1.54) is 18.2 Å². The first-order chi connectivity index (χ1) is 8.13. The van der Waals surface area contributed by atoms with Crippen LogP contribution in [0.2, 0.25) is 5.02 Å². The molecule has 0 unspecified atom stereocenters. The average Bonchev–Trinajstić information content (AvgIpc) is 2.13. The summed E-state index contributed by atoms with van der Waals surface area (Å²) in [5, 5.41) is 4.71. The first kappa shape index (κ1) is 15.2. The third-order valence-electron chi connectivity index (χ3n) is 1.94. The molecule has 0 spiro atoms. The van der Waals surface area contributed by atoms with Gasteiger partial charge in [0.25, 0.3) is 0 Å². The van der Waals surface area contributed by atoms with E-state index in [9.17, 15) is 16.8 Å². The highest BCUT2D eigenvalue weighted by atomic mass is 35.5. The monoisotopic (exact) mass is 313 g/mol. The number of sulfonamides is 2. The Bertz CT molecular complexity index is 622. The summed E-state index contributed by atoms with van der Waals surface area (Å²) in [5.74, 6) is -0.517. The minimum atomic E-state index is -3.97. The van der Waals surface area contributed by atoms with Crippen molar-refractivity contribution in [1.29, 1.82) is 0 Å². The van der Waals surface area contributed by atoms with E-state index in [1.54, 1.807) is 0 Å². The predicted molar refractivity (Wildman–Crippen MR) is 69.0 cm³/mol. The van der Waals surface area contributed by atoms with Crippen LogP contribution in [0.4, 0.5) is 5.69 Å². The maximum atomic E-state index is 11.8. The topological polar surface area (TPSA) is 132 Å². The second kappa shape index (κ2) is 5.41. The molecule has 0 aliphatic carbocycles. The van der Waals surface area contributed by atoms with Crippen molar-refractivity contribution in [3.8, 4) is 0 Å². The highest BCUT2D eigenvalue weighted by Crippen LogP contribution is 2.26. The maximum Gasteiger partial charge on any atom is 0.244 e. The zero-order valence-electron chi connectivity index (χ0n) is 9.13. The van der Waals surface area contributed by atoms with E-state index in [0.717, 1.165) is 0 Å². The molecule has 18 heavy (non-hydrogen) atoms. The van der Waals surface area contributed by atoms with Crippen LogP contribution >= 0.6 is 11.6 Å². The minimum Gasteiger partial charge on any atom is -0.398 e. The molecular weight excluding hydrogens is 302 g/mol. The Kier molecular flexibility index (Phi) is 4.56. The molecule has 0 saturated carbocycles. The van der Waals surface area contributed by atoms with E-state index in [4.69, 9.17) is 22.5 Å². The third kappa shape index (κ3) is 4.10. The van der Waals surface area contributed by atoms with Crippen LogP contribution in [0.1, 0.15) is 0 Å². The predicted octanol–water partition coefficient (Wildman–Crippen LogP) is -0.511. The highest BCUT2D eigenvalue weighted by molar-refractivity contribution is 7.90. The Labute approximate surface area is 110 Å². The van der Waals surface area contributed by atoms with E-state index in [1.807, 2.05) is 0 Å². The van der Waals surface area contributed by atoms with Crippen LogP contribution in [0.15, 0.2) is 23.1 Å². The van der Waals surface area contributed by atoms with Crippen LogP contribution in [-0.2, 0) is 20.0 Å². The van der Waals surface area contributed by atoms with Gasteiger partial charge in [0.05, 0.1) is 16.5 Å². The smallest absolute Gasteiger partial charge is 0.244 e. The fourth-order valence-corrected chi connectivity index (χ4v) is 3.42. The van der Waals surface area contributed by atoms with Crippen molar-refractivity contribution in [2.45, 2.75) is 4.90 Å². The first-order valence-corrected chi connectivity index (χ1v) is 8.25. The Morgan fingerprint density at radius 1 is 1.22 bits per heavy atom. The van der Waals surface area contributed by atoms with Crippen LogP contribution in [-0.4, -0.2) is 29.1 Å². The number of primary sulfonamides is 1. The van der Waals surface area contributed by atoms with E-state index in [2.05, 4.69) is 4.72 Å². The molecule has 10 heteroatoms. The minimum absolute atomic E-state index is 0.0226. The molecule has 0 aromatic heterocycles. The van der Waals surface area contributed by atoms with Crippen LogP contribution in [0, 0.1) is 0 Å². The largest absolute Gasteiger partial charge is 0.398 e. The molecule has 1 aromatic rings. The van der Waals surface area contributed by atoms with Crippen LogP contribution in [0.25, 0.3) is 0 Å². The van der Waals surface area contributed by atoms with Gasteiger partial charge in [0.1, 0.15) is 4.90 Å². The number of benzene rings is 1. The van der Waals surface area contributed by atoms with Gasteiger partial charge in [-0.1, -0.05) is 17.7 Å². The molecule has 0 radical (unpaired) electrons. The molecular formula is C8H12ClN3O4S2. The molecule has 0 amide bonds. The van der Waals surface area contributed by atoms with Gasteiger partial charge < -0.3 is 5.73 Å². The molecule has 102 valence electrons. The summed E-state index contributed by atoms with van der Waals surface area (Å²) < 4.78 is 47.1. The van der Waals surface area contributed by atoms with E-state index in [0.29, 0.717) is 0 Å². The van der Waals surface area contributed by atoms with E-state index >= 15 is 0 Å². The van der Waals surface area contributed by atoms with Crippen molar-refractivity contribution in [1.82, 2.24) is 4.72 Å². The molecule has 0 heterocycles. The van der Waals surface area contributed by atoms with Gasteiger partial charge in [-0.25, -0.2) is 26.7 Å². The van der Waals surface area contributed by atoms with Gasteiger partial charge in [-0.05, 0) is 12.1 Å². The van der Waals surface area contributed by atoms with Crippen LogP contribution < -0.4 is 15.6 Å². The van der Waals surface area contributed by atoms with Crippen LogP contribution in [0.5, 0.6) is 0 Å². The van der Waals surface area contributed by atoms with Crippen molar-refractivity contribution in [2.24, 2.45) is 5.14 Å². The third-order valence-corrected chi connectivity index (χ3v) is 4.72. The zero-order chi connectivity index (χ0) is 14.0. The van der Waals surface area contributed by atoms with Crippen molar-refractivity contribution < 1.29 is 16.8 Å². The molecule has 7 nitrogen and oxygen atoms in total. The van der Waals surface area contributed by atoms with Crippen molar-refractivity contribution in [2.75, 3.05) is 18.0 Å². The highest BCUT2D eigenvalue weighted by Gasteiger charge is 2.21. The second-order valence-corrected chi connectivity index (χ2v) is 7.27. The number of nitrogens with two attached hydrogens (primary N) is 2. The number of nitrogens with one attached hydrogen (secondary N) is 1. The fraction of sp³-hybridized carbons (Fsp3) is 0.250. The van der Waals surface area contributed by atoms with Crippen molar-refractivity contribution >= 4 is 37.3 Å². The Morgan fingerprint density at radius 3 is 2.33 bits per heavy atom. The molecule has 1 rings (SSSR count). The molecule has 0 aliphatic rings. The van der Waals surface area contributed by atoms with Gasteiger partial charge in [-0.3, -0.25) is 0 Å². The summed E-state index contributed by atoms with van der Waals surface area (Å²) in [5.41, 5.74) is 5.50. The summed E-state index contributed by atoms with van der Waals surface area (Å²) in [6, 6.07) is 4.24. The molecule has 0 bridgehead atoms. The molecule has 0 saturated heterocycles. The average molecular weight is 314 g/mol. The molecule has 1 aromatic carbocycles. The second-order valence-electron chi connectivity index (χ2n) is 3.42. The van der Waals surface area contributed by atoms with Crippen LogP contribution in [0.3, 0.4) is 0 Å². The number of anilines is 1. The van der Waals surface area contributed by atoms with E-state index < -0.39 is 25.8 Å². The SMILES string of the molecule is Nc1cccc(Cl)c1S(=O)(=O)NCCS(N)(=O)=O. The lowest BCUT2D eigenvalue weighted by Gasteiger charge is -2.10. The summed E-state index contributed by atoms with van der Waals surface area (Å²) in [7, 11) is -7.71. The summed E-state index contributed by atoms with van der Waals surface area (Å²) >= 11 is 5.74. The fourth-order valence-electron chi connectivity index (χ4n) is 1.20. The molecule has 5 N–H and O–H groups in total. The number of rotatable bonds is 5. The standard InChI is InChI=1S/C8H12ClN3O4S2/c9-6-2-1-3-7(10)8(6)18(15,16)12-4-5-17(11,13)14/h1-3,12H,4-5,10H2,(H2,11,13,14). The Hall–Kier alpha value is -0.870. The van der Waals surface area contributed by atoms with Gasteiger partial charge in [0, 0.05) is 6.54 Å². The number of nitrogen functional groups attached to an aromatic ring is 1. The number of hydrogen-bond acceptors (Lipinski definition) is 5. The maximum absolute atomic E-state index is 11.8. The van der Waals surface area contributed by atoms with Gasteiger partial charge in [-0.2, -0.15) is 0 Å². The normalized spacial score (nSPS) is 12.6. The Morgan fingerprint density at radius 2 is 1.83 bits per heavy atom. The van der Waals surface area contributed by atoms with Gasteiger partial charge in [-0.15, -0.1) is 0 Å². The molecule has 0 aliphatic heterocycles. The van der Waals surface area contributed by atoms with E-state index in [-0.39, 0.29) is 22.2 Å². The summed E-state index contributed by atoms with van der Waals surface area (Å²) in [4.78, 5) is -0.277. The first-order valence-electron chi connectivity index (χ1n) is 4.67. The zero-order valence-corrected chi connectivity index (χ0v) is 11.5. The Balaban J connectivity index is 2.94. The van der Waals surface area contributed by atoms with Gasteiger partial charge >= 0.3 is 0 Å². The lowest BCUT2D eigenvalue weighted by Crippen LogP contribution is -2.32. The summed E-state index contributed by atoms with van der Waals surface area (Å²) in [6.45, 7) is -0.355. The quantitative estimate of drug-likeness (QED) is 0.630. The lowest BCUT2D eigenvalue weighted by molar-refractivity contribution is 0.582. The lowest BCUT2D eigenvalue weighted by atomic mass is 10.3. The van der Waals surface area contributed by atoms with Crippen molar-refractivity contribution in [3.05, 3.63) is 23.2 Å². The van der Waals surface area contributed by atoms with Gasteiger partial charge in [0.2, 0.25) is 20.0 Å². The number of hydrogen-bond donors (Lipinski definition) is 3. The summed E-state index contributed by atoms with van der Waals surface area (Å²) in [6.07, 6.45) is 0. The molecule has 0 atom stereocenters.